The summed E-state index contributed by atoms with van der Waals surface area (Å²) in [6.45, 7) is -3.67. The number of halogens is 3. The summed E-state index contributed by atoms with van der Waals surface area (Å²) in [6.07, 6.45) is 0. The van der Waals surface area contributed by atoms with Crippen LogP contribution in [0.25, 0.3) is 0 Å². The van der Waals surface area contributed by atoms with E-state index < -0.39 is 6.68 Å². The molecule has 4 heteroatoms. The second-order valence-corrected chi connectivity index (χ2v) is 0.247. The molecule has 0 radical (unpaired) electrons. The van der Waals surface area contributed by atoms with Crippen LogP contribution >= 0.6 is 0 Å². The monoisotopic (exact) mass is 92.0 g/mol. The zero-order valence-corrected chi connectivity index (χ0v) is 3.71. The van der Waals surface area contributed by atoms with Gasteiger partial charge in [0.05, 0.1) is 0 Å². The summed E-state index contributed by atoms with van der Waals surface area (Å²) in [6, 6.07) is 0. The second kappa shape index (κ2) is 9.04. The van der Waals surface area contributed by atoms with Gasteiger partial charge in [-0.2, -0.15) is 13.2 Å². The second-order valence-electron chi connectivity index (χ2n) is 0.247. The topological polar surface area (TPSA) is 0 Å². The summed E-state index contributed by atoms with van der Waals surface area (Å²) in [4.78, 5) is 0. The zero-order chi connectivity index (χ0) is 3.58. The molecule has 6 heavy (non-hydrogen) atoms. The Morgan fingerprint density at radius 1 is 1.00 bits per heavy atom. The molecule has 0 atom stereocenters. The molecule has 0 nitrogen and oxygen atoms in total. The molecule has 0 aliphatic carbocycles. The number of hydrogen-bond acceptors (Lipinski definition) is 0. The summed E-state index contributed by atoms with van der Waals surface area (Å²) in [5.74, 6) is 0. The van der Waals surface area contributed by atoms with Gasteiger partial charge >= 0.3 is 25.5 Å². The van der Waals surface area contributed by atoms with Gasteiger partial charge in [0.25, 0.3) is 0 Å². The summed E-state index contributed by atoms with van der Waals surface area (Å²) in [5, 5.41) is 0. The number of rotatable bonds is 0. The molecule has 0 aliphatic heterocycles. The van der Waals surface area contributed by atoms with Gasteiger partial charge < -0.3 is 7.43 Å². The van der Waals surface area contributed by atoms with Crippen molar-refractivity contribution in [2.24, 2.45) is 0 Å². The summed E-state index contributed by atoms with van der Waals surface area (Å²) >= 11 is 0. The Morgan fingerprint density at radius 3 is 1.00 bits per heavy atom. The maximum Gasteiger partial charge on any atom is 1.00 e. The Kier molecular flexibility index (Phi) is 24.3. The molecular formula is C2H4F3Li. The van der Waals surface area contributed by atoms with Crippen molar-refractivity contribution >= 4 is 0 Å². The van der Waals surface area contributed by atoms with E-state index in [1.165, 1.54) is 0 Å². The van der Waals surface area contributed by atoms with E-state index in [0.29, 0.717) is 0 Å². The Hall–Kier alpha value is 0.387. The summed E-state index contributed by atoms with van der Waals surface area (Å²) in [7, 11) is 0. The van der Waals surface area contributed by atoms with Crippen LogP contribution in [0.2, 0.25) is 0 Å². The molecule has 0 spiro atoms. The van der Waals surface area contributed by atoms with Crippen LogP contribution < -0.4 is 18.9 Å². The summed E-state index contributed by atoms with van der Waals surface area (Å²) in [5.41, 5.74) is 0. The van der Waals surface area contributed by atoms with Crippen LogP contribution in [0.15, 0.2) is 0 Å². The average Bonchev–Trinajstić information content (AvgIpc) is 0.811. The minimum atomic E-state index is -3.67. The van der Waals surface area contributed by atoms with E-state index in [9.17, 15) is 13.2 Å². The molecule has 0 heterocycles. The van der Waals surface area contributed by atoms with Gasteiger partial charge in [-0.1, -0.05) is 0 Å². The van der Waals surface area contributed by atoms with Crippen LogP contribution in [-0.2, 0) is 0 Å². The molecule has 0 aliphatic rings. The Balaban J connectivity index is -0.0000000450. The van der Waals surface area contributed by atoms with Crippen LogP contribution in [0.5, 0.6) is 0 Å². The molecule has 0 rings (SSSR count). The minimum Gasteiger partial charge on any atom is -0.358 e. The molecule has 0 unspecified atom stereocenters. The van der Waals surface area contributed by atoms with E-state index in [-0.39, 0.29) is 26.3 Å². The van der Waals surface area contributed by atoms with Gasteiger partial charge in [-0.3, -0.25) is 0 Å². The number of alkyl halides is 3. The summed E-state index contributed by atoms with van der Waals surface area (Å²) < 4.78 is 29.0. The van der Waals surface area contributed by atoms with Crippen LogP contribution in [0.4, 0.5) is 13.2 Å². The molecule has 0 saturated heterocycles. The molecule has 0 amide bonds. The van der Waals surface area contributed by atoms with Gasteiger partial charge in [-0.15, -0.1) is 0 Å². The molecular weight excluding hydrogens is 88.0 g/mol. The maximum atomic E-state index is 9.67. The molecule has 0 aromatic rings. The molecule has 34 valence electrons. The van der Waals surface area contributed by atoms with Crippen molar-refractivity contribution in [3.63, 3.8) is 0 Å². The third kappa shape index (κ3) is 335. The third-order valence-electron chi connectivity index (χ3n) is 0. The molecule has 0 aromatic carbocycles. The first kappa shape index (κ1) is 16.2. The normalized spacial score (nSPS) is 6.00. The van der Waals surface area contributed by atoms with E-state index in [1.54, 1.807) is 0 Å². The first-order valence-electron chi connectivity index (χ1n) is 0.655. The quantitative estimate of drug-likeness (QED) is 0.255. The largest absolute Gasteiger partial charge is 1.00 e. The minimum absolute atomic E-state index is 0. The predicted octanol–water partition coefficient (Wildman–Crippen LogP) is -1.37. The van der Waals surface area contributed by atoms with Gasteiger partial charge in [0, 0.05) is 0 Å². The van der Waals surface area contributed by atoms with Gasteiger partial charge in [-0.05, 0) is 0 Å². The van der Waals surface area contributed by atoms with E-state index >= 15 is 0 Å². The van der Waals surface area contributed by atoms with Gasteiger partial charge in [0.15, 0.2) is 0 Å². The first-order valence-corrected chi connectivity index (χ1v) is 0.655. The predicted molar refractivity (Wildman–Crippen MR) is 13.5 cm³/mol. The number of hydrogen-bond donors (Lipinski definition) is 0. The van der Waals surface area contributed by atoms with Crippen molar-refractivity contribution in [1.82, 2.24) is 0 Å². The smallest absolute Gasteiger partial charge is 0.358 e. The molecule has 0 aromatic heterocycles. The van der Waals surface area contributed by atoms with Crippen molar-refractivity contribution in [3.05, 3.63) is 7.43 Å². The van der Waals surface area contributed by atoms with E-state index in [2.05, 4.69) is 0 Å². The Bertz CT molecular complexity index is 13.5. The fraction of sp³-hybridized carbons (Fsp3) is 0.500. The van der Waals surface area contributed by atoms with Crippen molar-refractivity contribution in [3.8, 4) is 0 Å². The average molecular weight is 92.0 g/mol. The standard InChI is InChI=1S/CHF3.CH3.Li/c2-1(3)4;;/h1H;1H3;/q;-1;+1. The maximum absolute atomic E-state index is 9.67. The van der Waals surface area contributed by atoms with Crippen LogP contribution in [0, 0.1) is 7.43 Å². The van der Waals surface area contributed by atoms with Crippen molar-refractivity contribution in [2.75, 3.05) is 0 Å². The first-order chi connectivity index (χ1) is 1.73. The zero-order valence-electron chi connectivity index (χ0n) is 3.71. The van der Waals surface area contributed by atoms with Crippen LogP contribution in [0.1, 0.15) is 0 Å². The van der Waals surface area contributed by atoms with E-state index in [4.69, 9.17) is 0 Å². The van der Waals surface area contributed by atoms with Gasteiger partial charge in [-0.25, -0.2) is 0 Å². The van der Waals surface area contributed by atoms with Gasteiger partial charge in [0.2, 0.25) is 0 Å². The molecule has 0 bridgehead atoms. The Morgan fingerprint density at radius 2 is 1.00 bits per heavy atom. The molecule has 0 fully saturated rings. The van der Waals surface area contributed by atoms with Crippen LogP contribution in [-0.4, -0.2) is 6.68 Å². The van der Waals surface area contributed by atoms with Crippen molar-refractivity contribution in [2.45, 2.75) is 6.68 Å². The van der Waals surface area contributed by atoms with Crippen LogP contribution in [0.3, 0.4) is 0 Å². The third-order valence-corrected chi connectivity index (χ3v) is 0. The van der Waals surface area contributed by atoms with Crippen molar-refractivity contribution < 1.29 is 32.0 Å². The van der Waals surface area contributed by atoms with Gasteiger partial charge in [0.1, 0.15) is 0 Å². The SMILES string of the molecule is FC(F)F.[CH3-].[Li+]. The fourth-order valence-electron chi connectivity index (χ4n) is 0. The Labute approximate surface area is 46.9 Å². The molecule has 0 N–H and O–H groups in total. The van der Waals surface area contributed by atoms with E-state index in [0.717, 1.165) is 0 Å². The molecule has 0 saturated carbocycles. The fourth-order valence-corrected chi connectivity index (χ4v) is 0. The van der Waals surface area contributed by atoms with E-state index in [1.807, 2.05) is 0 Å². The van der Waals surface area contributed by atoms with Crippen molar-refractivity contribution in [1.29, 1.82) is 0 Å².